The number of allylic oxidation sites excluding steroid dienone is 12. The molecule has 0 rings (SSSR count). The molecule has 0 aromatic carbocycles. The SMILES string of the molecule is CC/C=C\C/C=C\C/C=C\C/C=C\C/C=C\CCCCCCCCCCCC(=O)OC(COC(=O)CCCCCCCCCCCCCCCCC/C=C\CCCCCCCCCC)COP(=O)([O-])OCC[N+](C)(C)C. The van der Waals surface area contributed by atoms with Crippen LogP contribution in [0.5, 0.6) is 0 Å². The summed E-state index contributed by atoms with van der Waals surface area (Å²) >= 11 is 0. The molecular weight excluding hydrogens is 966 g/mol. The minimum atomic E-state index is -4.64. The van der Waals surface area contributed by atoms with Crippen LogP contribution in [-0.4, -0.2) is 70.0 Å². The number of hydrogen-bond donors (Lipinski definition) is 0. The summed E-state index contributed by atoms with van der Waals surface area (Å²) in [5.74, 6) is -0.833. The van der Waals surface area contributed by atoms with Gasteiger partial charge in [0.05, 0.1) is 27.7 Å². The number of rotatable bonds is 58. The molecule has 0 aliphatic carbocycles. The maximum Gasteiger partial charge on any atom is 0.306 e. The van der Waals surface area contributed by atoms with Crippen LogP contribution in [0, 0.1) is 0 Å². The van der Waals surface area contributed by atoms with Gasteiger partial charge in [0.25, 0.3) is 7.82 Å². The van der Waals surface area contributed by atoms with Crippen LogP contribution in [0.1, 0.15) is 284 Å². The molecule has 0 aliphatic rings. The van der Waals surface area contributed by atoms with Crippen molar-refractivity contribution < 1.29 is 42.1 Å². The maximum atomic E-state index is 12.8. The standard InChI is InChI=1S/C66H120NO8P/c1-6-8-10-12-14-16-18-20-22-24-26-28-30-32-33-35-36-38-40-42-44-46-48-50-52-54-56-58-65(68)72-62-64(63-74-76(70,71)73-61-60-67(3,4)5)75-66(69)59-57-55-53-51-49-47-45-43-41-39-37-34-31-29-27-25-23-21-19-17-15-13-11-9-7-2/h9,11,15,17,21,23-24,26-27,29,34,37,64H,6-8,10,12-14,16,18-20,22,25,28,30-33,35-36,38-63H2,1-5H3/b11-9-,17-15-,23-21-,26-24-,29-27-,37-34-. The number of quaternary nitrogens is 1. The predicted octanol–water partition coefficient (Wildman–Crippen LogP) is 19.4. The van der Waals surface area contributed by atoms with E-state index in [1.807, 2.05) is 21.1 Å². The smallest absolute Gasteiger partial charge is 0.306 e. The van der Waals surface area contributed by atoms with E-state index in [9.17, 15) is 19.0 Å². The van der Waals surface area contributed by atoms with E-state index in [2.05, 4.69) is 86.8 Å². The molecule has 0 bridgehead atoms. The van der Waals surface area contributed by atoms with Crippen LogP contribution in [0.4, 0.5) is 0 Å². The topological polar surface area (TPSA) is 111 Å². The molecule has 0 aliphatic heterocycles. The number of carbonyl (C=O) groups is 2. The fourth-order valence-corrected chi connectivity index (χ4v) is 9.58. The van der Waals surface area contributed by atoms with Crippen molar-refractivity contribution in [2.24, 2.45) is 0 Å². The molecular formula is C66H120NO8P. The van der Waals surface area contributed by atoms with Crippen molar-refractivity contribution in [2.75, 3.05) is 47.5 Å². The van der Waals surface area contributed by atoms with E-state index in [0.717, 1.165) is 77.0 Å². The first-order valence-electron chi connectivity index (χ1n) is 31.6. The lowest BCUT2D eigenvalue weighted by Gasteiger charge is -2.28. The first-order chi connectivity index (χ1) is 37.0. The number of nitrogens with zero attached hydrogens (tertiary/aromatic N) is 1. The van der Waals surface area contributed by atoms with E-state index >= 15 is 0 Å². The Hall–Kier alpha value is -2.55. The highest BCUT2D eigenvalue weighted by Crippen LogP contribution is 2.38. The number of carbonyl (C=O) groups excluding carboxylic acids is 2. The Morgan fingerprint density at radius 3 is 1.13 bits per heavy atom. The Kier molecular flexibility index (Phi) is 55.2. The highest BCUT2D eigenvalue weighted by molar-refractivity contribution is 7.45. The summed E-state index contributed by atoms with van der Waals surface area (Å²) in [6.45, 7) is 4.15. The zero-order chi connectivity index (χ0) is 55.6. The second-order valence-electron chi connectivity index (χ2n) is 22.4. The Balaban J connectivity index is 4.11. The average Bonchev–Trinajstić information content (AvgIpc) is 3.38. The lowest BCUT2D eigenvalue weighted by atomic mass is 10.0. The van der Waals surface area contributed by atoms with Gasteiger partial charge >= 0.3 is 11.9 Å². The summed E-state index contributed by atoms with van der Waals surface area (Å²) in [6.07, 6.45) is 75.3. The summed E-state index contributed by atoms with van der Waals surface area (Å²) in [7, 11) is 1.16. The molecule has 0 N–H and O–H groups in total. The molecule has 10 heteroatoms. The zero-order valence-electron chi connectivity index (χ0n) is 50.2. The molecule has 9 nitrogen and oxygen atoms in total. The molecule has 0 heterocycles. The van der Waals surface area contributed by atoms with Crippen molar-refractivity contribution >= 4 is 19.8 Å². The Morgan fingerprint density at radius 2 is 0.750 bits per heavy atom. The van der Waals surface area contributed by atoms with Crippen molar-refractivity contribution in [1.82, 2.24) is 0 Å². The van der Waals surface area contributed by atoms with E-state index in [1.165, 1.54) is 173 Å². The Labute approximate surface area is 469 Å². The summed E-state index contributed by atoms with van der Waals surface area (Å²) in [5, 5.41) is 0. The molecule has 76 heavy (non-hydrogen) atoms. The van der Waals surface area contributed by atoms with Gasteiger partial charge < -0.3 is 27.9 Å². The number of likely N-dealkylation sites (N-methyl/N-ethyl adjacent to an activating group) is 1. The van der Waals surface area contributed by atoms with Crippen molar-refractivity contribution in [3.8, 4) is 0 Å². The van der Waals surface area contributed by atoms with Crippen LogP contribution in [-0.2, 0) is 32.7 Å². The Bertz CT molecular complexity index is 1510. The maximum absolute atomic E-state index is 12.8. The van der Waals surface area contributed by atoms with Crippen LogP contribution in [0.15, 0.2) is 72.9 Å². The quantitative estimate of drug-likeness (QED) is 0.0195. The van der Waals surface area contributed by atoms with Gasteiger partial charge in [0.15, 0.2) is 6.10 Å². The molecule has 0 radical (unpaired) electrons. The fraction of sp³-hybridized carbons (Fsp3) is 0.788. The highest BCUT2D eigenvalue weighted by atomic mass is 31.2. The normalized spacial score (nSPS) is 13.7. The van der Waals surface area contributed by atoms with Crippen LogP contribution < -0.4 is 4.89 Å². The molecule has 0 saturated heterocycles. The minimum Gasteiger partial charge on any atom is -0.756 e. The number of hydrogen-bond acceptors (Lipinski definition) is 8. The number of unbranched alkanes of at least 4 members (excludes halogenated alkanes) is 32. The molecule has 0 aromatic heterocycles. The van der Waals surface area contributed by atoms with Crippen molar-refractivity contribution in [2.45, 2.75) is 290 Å². The van der Waals surface area contributed by atoms with Gasteiger partial charge in [-0.2, -0.15) is 0 Å². The molecule has 0 amide bonds. The number of phosphoric ester groups is 1. The number of ether oxygens (including phenoxy) is 2. The second-order valence-corrected chi connectivity index (χ2v) is 23.8. The highest BCUT2D eigenvalue weighted by Gasteiger charge is 2.22. The third-order valence-corrected chi connectivity index (χ3v) is 14.7. The third kappa shape index (κ3) is 60.7. The number of esters is 2. The summed E-state index contributed by atoms with van der Waals surface area (Å²) in [5.41, 5.74) is 0. The first-order valence-corrected chi connectivity index (χ1v) is 33.1. The molecule has 0 fully saturated rings. The van der Waals surface area contributed by atoms with E-state index in [0.29, 0.717) is 17.4 Å². The molecule has 0 saturated carbocycles. The second kappa shape index (κ2) is 57.1. The van der Waals surface area contributed by atoms with Gasteiger partial charge in [-0.3, -0.25) is 14.2 Å². The van der Waals surface area contributed by atoms with Crippen LogP contribution in [0.25, 0.3) is 0 Å². The van der Waals surface area contributed by atoms with E-state index in [1.54, 1.807) is 0 Å². The van der Waals surface area contributed by atoms with Gasteiger partial charge in [-0.15, -0.1) is 0 Å². The predicted molar refractivity (Wildman–Crippen MR) is 323 cm³/mol. The van der Waals surface area contributed by atoms with Crippen LogP contribution in [0.3, 0.4) is 0 Å². The molecule has 0 spiro atoms. The van der Waals surface area contributed by atoms with Gasteiger partial charge in [0, 0.05) is 12.8 Å². The summed E-state index contributed by atoms with van der Waals surface area (Å²) in [4.78, 5) is 38.0. The molecule has 442 valence electrons. The number of phosphoric acid groups is 1. The third-order valence-electron chi connectivity index (χ3n) is 13.7. The van der Waals surface area contributed by atoms with Gasteiger partial charge in [-0.1, -0.05) is 260 Å². The van der Waals surface area contributed by atoms with Gasteiger partial charge in [0.1, 0.15) is 19.8 Å². The molecule has 0 aromatic rings. The summed E-state index contributed by atoms with van der Waals surface area (Å²) < 4.78 is 34.2. The van der Waals surface area contributed by atoms with Gasteiger partial charge in [0.2, 0.25) is 0 Å². The van der Waals surface area contributed by atoms with Crippen molar-refractivity contribution in [3.05, 3.63) is 72.9 Å². The molecule has 2 atom stereocenters. The lowest BCUT2D eigenvalue weighted by Crippen LogP contribution is -2.37. The van der Waals surface area contributed by atoms with Gasteiger partial charge in [-0.25, -0.2) is 0 Å². The summed E-state index contributed by atoms with van der Waals surface area (Å²) in [6, 6.07) is 0. The largest absolute Gasteiger partial charge is 0.756 e. The van der Waals surface area contributed by atoms with Gasteiger partial charge in [-0.05, 0) is 83.5 Å². The van der Waals surface area contributed by atoms with Crippen LogP contribution in [0.2, 0.25) is 0 Å². The minimum absolute atomic E-state index is 0.0339. The Morgan fingerprint density at radius 1 is 0.421 bits per heavy atom. The van der Waals surface area contributed by atoms with E-state index in [-0.39, 0.29) is 32.0 Å². The average molecular weight is 1090 g/mol. The molecule has 2 unspecified atom stereocenters. The lowest BCUT2D eigenvalue weighted by molar-refractivity contribution is -0.870. The van der Waals surface area contributed by atoms with Crippen LogP contribution >= 0.6 is 7.82 Å². The zero-order valence-corrected chi connectivity index (χ0v) is 51.1. The van der Waals surface area contributed by atoms with E-state index in [4.69, 9.17) is 18.5 Å². The van der Waals surface area contributed by atoms with Crippen molar-refractivity contribution in [3.63, 3.8) is 0 Å². The van der Waals surface area contributed by atoms with Crippen molar-refractivity contribution in [1.29, 1.82) is 0 Å². The fourth-order valence-electron chi connectivity index (χ4n) is 8.86. The monoisotopic (exact) mass is 1090 g/mol. The van der Waals surface area contributed by atoms with E-state index < -0.39 is 26.5 Å². The first kappa shape index (κ1) is 73.5.